The third kappa shape index (κ3) is 4.40. The predicted molar refractivity (Wildman–Crippen MR) is 114 cm³/mol. The Morgan fingerprint density at radius 1 is 0.966 bits per heavy atom. The molecule has 0 bridgehead atoms. The predicted octanol–water partition coefficient (Wildman–Crippen LogP) is 3.84. The quantitative estimate of drug-likeness (QED) is 0.421. The highest BCUT2D eigenvalue weighted by atomic mass is 16.3. The molecule has 2 aromatic carbocycles. The van der Waals surface area contributed by atoms with Crippen molar-refractivity contribution in [2.45, 2.75) is 26.3 Å². The molecule has 1 saturated heterocycles. The Balaban J connectivity index is 1.98. The first-order valence-corrected chi connectivity index (χ1v) is 10.2. The molecular formula is C24H28N2O3. The average molecular weight is 392 g/mol. The Morgan fingerprint density at radius 2 is 1.55 bits per heavy atom. The molecule has 3 rings (SSSR count). The zero-order valence-corrected chi connectivity index (χ0v) is 17.0. The van der Waals surface area contributed by atoms with Gasteiger partial charge >= 0.3 is 0 Å². The Kier molecular flexibility index (Phi) is 6.83. The number of carbonyl (C=O) groups excluding carboxylic acids is 2. The highest BCUT2D eigenvalue weighted by molar-refractivity contribution is 6.46. The Bertz CT molecular complexity index is 874. The van der Waals surface area contributed by atoms with E-state index in [1.807, 2.05) is 36.4 Å². The van der Waals surface area contributed by atoms with Crippen molar-refractivity contribution in [3.8, 4) is 0 Å². The van der Waals surface area contributed by atoms with Crippen molar-refractivity contribution >= 4 is 17.4 Å². The second-order valence-corrected chi connectivity index (χ2v) is 7.15. The second kappa shape index (κ2) is 9.52. The number of likely N-dealkylation sites (tertiary alicyclic amines) is 1. The molecule has 0 aromatic heterocycles. The molecule has 2 aromatic rings. The van der Waals surface area contributed by atoms with Crippen LogP contribution in [0.4, 0.5) is 0 Å². The van der Waals surface area contributed by atoms with Gasteiger partial charge in [0.25, 0.3) is 11.7 Å². The SMILES string of the molecule is CCN(CC)CCCN1C(=O)C(=O)/C(=C(/O)c2ccccc2)[C@H]1c1ccccc1. The van der Waals surface area contributed by atoms with Crippen molar-refractivity contribution in [2.24, 2.45) is 0 Å². The topological polar surface area (TPSA) is 60.9 Å². The number of aliphatic hydroxyl groups excluding tert-OH is 1. The maximum Gasteiger partial charge on any atom is 0.295 e. The summed E-state index contributed by atoms with van der Waals surface area (Å²) in [5.74, 6) is -1.29. The van der Waals surface area contributed by atoms with Gasteiger partial charge in [-0.25, -0.2) is 0 Å². The summed E-state index contributed by atoms with van der Waals surface area (Å²) in [7, 11) is 0. The summed E-state index contributed by atoms with van der Waals surface area (Å²) in [6.07, 6.45) is 0.767. The minimum atomic E-state index is -0.622. The lowest BCUT2D eigenvalue weighted by molar-refractivity contribution is -0.140. The van der Waals surface area contributed by atoms with Crippen LogP contribution in [0.25, 0.3) is 5.76 Å². The lowest BCUT2D eigenvalue weighted by Gasteiger charge is -2.26. The molecule has 0 aliphatic carbocycles. The van der Waals surface area contributed by atoms with Crippen LogP contribution in [0.5, 0.6) is 0 Å². The van der Waals surface area contributed by atoms with E-state index in [9.17, 15) is 14.7 Å². The molecule has 1 fully saturated rings. The summed E-state index contributed by atoms with van der Waals surface area (Å²) in [5.41, 5.74) is 1.52. The van der Waals surface area contributed by atoms with Crippen LogP contribution in [-0.4, -0.2) is 52.8 Å². The molecule has 1 aliphatic rings. The van der Waals surface area contributed by atoms with Gasteiger partial charge in [0.2, 0.25) is 0 Å². The van der Waals surface area contributed by atoms with Gasteiger partial charge in [0, 0.05) is 12.1 Å². The van der Waals surface area contributed by atoms with Crippen molar-refractivity contribution in [2.75, 3.05) is 26.2 Å². The van der Waals surface area contributed by atoms with Crippen LogP contribution in [0.15, 0.2) is 66.2 Å². The van der Waals surface area contributed by atoms with Gasteiger partial charge < -0.3 is 14.9 Å². The van der Waals surface area contributed by atoms with E-state index in [1.54, 1.807) is 29.2 Å². The van der Waals surface area contributed by atoms with E-state index in [2.05, 4.69) is 18.7 Å². The first kappa shape index (κ1) is 20.8. The molecular weight excluding hydrogens is 364 g/mol. The second-order valence-electron chi connectivity index (χ2n) is 7.15. The number of rotatable bonds is 8. The molecule has 1 heterocycles. The van der Waals surface area contributed by atoms with Gasteiger partial charge in [0.05, 0.1) is 11.6 Å². The summed E-state index contributed by atoms with van der Waals surface area (Å²) in [6.45, 7) is 7.44. The number of amides is 1. The van der Waals surface area contributed by atoms with E-state index in [-0.39, 0.29) is 11.3 Å². The van der Waals surface area contributed by atoms with Gasteiger partial charge in [0.1, 0.15) is 5.76 Å². The van der Waals surface area contributed by atoms with Gasteiger partial charge in [-0.15, -0.1) is 0 Å². The van der Waals surface area contributed by atoms with Gasteiger partial charge in [0.15, 0.2) is 0 Å². The summed E-state index contributed by atoms with van der Waals surface area (Å²) < 4.78 is 0. The van der Waals surface area contributed by atoms with Crippen LogP contribution in [-0.2, 0) is 9.59 Å². The standard InChI is InChI=1S/C24H28N2O3/c1-3-25(4-2)16-11-17-26-21(18-12-7-5-8-13-18)20(23(28)24(26)29)22(27)19-14-9-6-10-15-19/h5-10,12-15,21,27H,3-4,11,16-17H2,1-2H3/b22-20+/t21-/m1/s1. The minimum absolute atomic E-state index is 0.121. The van der Waals surface area contributed by atoms with Crippen LogP contribution < -0.4 is 0 Å². The third-order valence-electron chi connectivity index (χ3n) is 5.47. The highest BCUT2D eigenvalue weighted by Gasteiger charge is 2.45. The van der Waals surface area contributed by atoms with Crippen LogP contribution in [0, 0.1) is 0 Å². The smallest absolute Gasteiger partial charge is 0.295 e. The average Bonchev–Trinajstić information content (AvgIpc) is 3.02. The molecule has 0 spiro atoms. The molecule has 0 radical (unpaired) electrons. The number of Topliss-reactive ketones (excluding diaryl/α,β-unsaturated/α-hetero) is 1. The Labute approximate surface area is 172 Å². The summed E-state index contributed by atoms with van der Waals surface area (Å²) in [5, 5.41) is 10.9. The van der Waals surface area contributed by atoms with Gasteiger partial charge in [-0.2, -0.15) is 0 Å². The van der Waals surface area contributed by atoms with Crippen LogP contribution in [0.2, 0.25) is 0 Å². The van der Waals surface area contributed by atoms with E-state index < -0.39 is 17.7 Å². The number of aliphatic hydroxyl groups is 1. The number of carbonyl (C=O) groups is 2. The van der Waals surface area contributed by atoms with Crippen molar-refractivity contribution in [3.63, 3.8) is 0 Å². The molecule has 1 amide bonds. The maximum absolute atomic E-state index is 12.9. The van der Waals surface area contributed by atoms with Crippen LogP contribution >= 0.6 is 0 Å². The Morgan fingerprint density at radius 3 is 2.14 bits per heavy atom. The van der Waals surface area contributed by atoms with E-state index in [4.69, 9.17) is 0 Å². The number of ketones is 1. The number of hydrogen-bond acceptors (Lipinski definition) is 4. The van der Waals surface area contributed by atoms with E-state index in [1.165, 1.54) is 0 Å². The van der Waals surface area contributed by atoms with Crippen molar-refractivity contribution in [1.29, 1.82) is 0 Å². The number of hydrogen-bond donors (Lipinski definition) is 1. The largest absolute Gasteiger partial charge is 0.507 e. The van der Waals surface area contributed by atoms with E-state index >= 15 is 0 Å². The fourth-order valence-electron chi connectivity index (χ4n) is 3.85. The summed E-state index contributed by atoms with van der Waals surface area (Å²) >= 11 is 0. The fraction of sp³-hybridized carbons (Fsp3) is 0.333. The monoisotopic (exact) mass is 392 g/mol. The van der Waals surface area contributed by atoms with Crippen molar-refractivity contribution in [3.05, 3.63) is 77.4 Å². The number of benzene rings is 2. The molecule has 0 unspecified atom stereocenters. The molecule has 5 nitrogen and oxygen atoms in total. The van der Waals surface area contributed by atoms with Crippen LogP contribution in [0.3, 0.4) is 0 Å². The molecule has 1 aliphatic heterocycles. The summed E-state index contributed by atoms with van der Waals surface area (Å²) in [6, 6.07) is 17.8. The highest BCUT2D eigenvalue weighted by Crippen LogP contribution is 2.39. The van der Waals surface area contributed by atoms with Gasteiger partial charge in [-0.1, -0.05) is 74.5 Å². The summed E-state index contributed by atoms with van der Waals surface area (Å²) in [4.78, 5) is 29.7. The molecule has 1 N–H and O–H groups in total. The molecule has 5 heteroatoms. The van der Waals surface area contributed by atoms with Crippen molar-refractivity contribution < 1.29 is 14.7 Å². The van der Waals surface area contributed by atoms with Crippen molar-refractivity contribution in [1.82, 2.24) is 9.80 Å². The van der Waals surface area contributed by atoms with E-state index in [0.29, 0.717) is 12.1 Å². The number of nitrogens with zero attached hydrogens (tertiary/aromatic N) is 2. The molecule has 29 heavy (non-hydrogen) atoms. The minimum Gasteiger partial charge on any atom is -0.507 e. The van der Waals surface area contributed by atoms with E-state index in [0.717, 1.165) is 31.6 Å². The fourth-order valence-corrected chi connectivity index (χ4v) is 3.85. The third-order valence-corrected chi connectivity index (χ3v) is 5.47. The van der Waals surface area contributed by atoms with Gasteiger partial charge in [-0.3, -0.25) is 9.59 Å². The lowest BCUT2D eigenvalue weighted by Crippen LogP contribution is -2.33. The normalized spacial score (nSPS) is 18.6. The first-order chi connectivity index (χ1) is 14.1. The zero-order valence-electron chi connectivity index (χ0n) is 17.0. The molecule has 1 atom stereocenters. The van der Waals surface area contributed by atoms with Gasteiger partial charge in [-0.05, 0) is 31.6 Å². The maximum atomic E-state index is 12.9. The zero-order chi connectivity index (χ0) is 20.8. The van der Waals surface area contributed by atoms with Crippen LogP contribution in [0.1, 0.15) is 37.4 Å². The molecule has 0 saturated carbocycles. The lowest BCUT2D eigenvalue weighted by atomic mass is 9.95. The first-order valence-electron chi connectivity index (χ1n) is 10.2. The molecule has 152 valence electrons. The Hall–Kier alpha value is -2.92.